The average molecular weight is 797 g/mol. The van der Waals surface area contributed by atoms with Gasteiger partial charge in [-0.2, -0.15) is 0 Å². The highest BCUT2D eigenvalue weighted by atomic mass is 16.3. The van der Waals surface area contributed by atoms with E-state index in [2.05, 4.69) is 218 Å². The van der Waals surface area contributed by atoms with Crippen molar-refractivity contribution in [2.45, 2.75) is 0 Å². The molecule has 1 heteroatoms. The lowest BCUT2D eigenvalue weighted by Crippen LogP contribution is -1.90. The van der Waals surface area contributed by atoms with Gasteiger partial charge in [0, 0.05) is 10.8 Å². The molecule has 63 heavy (non-hydrogen) atoms. The zero-order valence-electron chi connectivity index (χ0n) is 34.2. The third kappa shape index (κ3) is 5.11. The minimum atomic E-state index is 0.890. The molecular weight excluding hydrogens is 761 g/mol. The molecular formula is C62H36O. The van der Waals surface area contributed by atoms with Crippen LogP contribution in [0.25, 0.3) is 142 Å². The summed E-state index contributed by atoms with van der Waals surface area (Å²) < 4.78 is 6.89. The first-order chi connectivity index (χ1) is 31.2. The number of hydrogen-bond acceptors (Lipinski definition) is 1. The van der Waals surface area contributed by atoms with E-state index in [0.29, 0.717) is 0 Å². The van der Waals surface area contributed by atoms with Crippen LogP contribution in [0.1, 0.15) is 0 Å². The molecule has 0 saturated heterocycles. The maximum Gasteiger partial charge on any atom is 0.136 e. The van der Waals surface area contributed by atoms with Crippen molar-refractivity contribution in [3.05, 3.63) is 218 Å². The number of rotatable bonds is 4. The molecule has 0 bridgehead atoms. The fraction of sp³-hybridized carbons (Fsp3) is 0. The summed E-state index contributed by atoms with van der Waals surface area (Å²) in [7, 11) is 0. The summed E-state index contributed by atoms with van der Waals surface area (Å²) in [6.07, 6.45) is 0. The Bertz CT molecular complexity index is 4170. The van der Waals surface area contributed by atoms with Crippen molar-refractivity contribution in [2.24, 2.45) is 0 Å². The van der Waals surface area contributed by atoms with Crippen molar-refractivity contribution in [3.63, 3.8) is 0 Å². The summed E-state index contributed by atoms with van der Waals surface area (Å²) in [5.41, 5.74) is 11.4. The molecule has 0 saturated carbocycles. The third-order valence-electron chi connectivity index (χ3n) is 13.8. The van der Waals surface area contributed by atoms with Gasteiger partial charge in [-0.25, -0.2) is 0 Å². The molecule has 13 aromatic carbocycles. The lowest BCUT2D eigenvalue weighted by atomic mass is 9.85. The molecule has 1 aromatic heterocycles. The van der Waals surface area contributed by atoms with Gasteiger partial charge in [0.2, 0.25) is 0 Å². The van der Waals surface area contributed by atoms with Crippen LogP contribution in [-0.2, 0) is 0 Å². The fourth-order valence-corrected chi connectivity index (χ4v) is 10.8. The standard InChI is InChI=1S/C62H36O/c1-2-10-38(11-3-1)47-28-24-41-27-31-53-50(29-25-42-26-30-52(47)60(41)61(42)53)55-34-46(36-58-62(55)56-32-43-13-4-5-14-44(43)35-57(56)63-58)37-18-20-40(21-19-37)54-33-45-23-22-39-12-6-7-15-48(39)59(45)51-17-9-8-16-49(51)54/h1-36H. The Kier molecular flexibility index (Phi) is 7.17. The van der Waals surface area contributed by atoms with E-state index in [1.165, 1.54) is 109 Å². The normalized spacial score (nSPS) is 12.1. The first-order valence-corrected chi connectivity index (χ1v) is 21.8. The Hall–Kier alpha value is -8.26. The minimum absolute atomic E-state index is 0.890. The molecule has 290 valence electrons. The molecule has 14 aromatic rings. The summed E-state index contributed by atoms with van der Waals surface area (Å²) in [4.78, 5) is 0. The van der Waals surface area contributed by atoms with Crippen molar-refractivity contribution in [2.75, 3.05) is 0 Å². The van der Waals surface area contributed by atoms with Crippen LogP contribution in [0.3, 0.4) is 0 Å². The van der Waals surface area contributed by atoms with Crippen LogP contribution in [0.5, 0.6) is 0 Å². The van der Waals surface area contributed by atoms with Gasteiger partial charge < -0.3 is 4.42 Å². The van der Waals surface area contributed by atoms with Gasteiger partial charge in [0.1, 0.15) is 11.2 Å². The largest absolute Gasteiger partial charge is 0.456 e. The van der Waals surface area contributed by atoms with Gasteiger partial charge in [-0.3, -0.25) is 0 Å². The molecule has 0 atom stereocenters. The van der Waals surface area contributed by atoms with Crippen LogP contribution in [0, 0.1) is 0 Å². The lowest BCUT2D eigenvalue weighted by Gasteiger charge is -2.17. The second-order valence-corrected chi connectivity index (χ2v) is 17.1. The molecule has 1 nitrogen and oxygen atoms in total. The Balaban J connectivity index is 0.988. The lowest BCUT2D eigenvalue weighted by molar-refractivity contribution is 0.669. The van der Waals surface area contributed by atoms with Gasteiger partial charge in [-0.1, -0.05) is 188 Å². The summed E-state index contributed by atoms with van der Waals surface area (Å²) in [5, 5.41) is 20.0. The van der Waals surface area contributed by atoms with Gasteiger partial charge >= 0.3 is 0 Å². The number of furan rings is 1. The van der Waals surface area contributed by atoms with Gasteiger partial charge in [0.05, 0.1) is 0 Å². The van der Waals surface area contributed by atoms with E-state index in [0.717, 1.165) is 33.1 Å². The molecule has 14 rings (SSSR count). The SMILES string of the molecule is c1ccc(-c2ccc3ccc4c(-c5cc(-c6ccc(-c7cc8ccc9ccccc9c8c8ccccc78)cc6)cc6oc7cc8ccccc8cc7c56)ccc5ccc2c3c54)cc1. The molecule has 0 fully saturated rings. The highest BCUT2D eigenvalue weighted by molar-refractivity contribution is 6.29. The summed E-state index contributed by atoms with van der Waals surface area (Å²) >= 11 is 0. The smallest absolute Gasteiger partial charge is 0.136 e. The van der Waals surface area contributed by atoms with Gasteiger partial charge in [0.25, 0.3) is 0 Å². The monoisotopic (exact) mass is 796 g/mol. The second kappa shape index (κ2) is 13.1. The minimum Gasteiger partial charge on any atom is -0.456 e. The molecule has 0 unspecified atom stereocenters. The molecule has 0 spiro atoms. The van der Waals surface area contributed by atoms with E-state index in [1.807, 2.05) is 0 Å². The Morgan fingerprint density at radius 3 is 1.56 bits per heavy atom. The van der Waals surface area contributed by atoms with Crippen LogP contribution in [0.15, 0.2) is 223 Å². The topological polar surface area (TPSA) is 13.1 Å². The van der Waals surface area contributed by atoms with Gasteiger partial charge in [-0.15, -0.1) is 0 Å². The number of fused-ring (bicyclic) bond motifs is 9. The Morgan fingerprint density at radius 1 is 0.206 bits per heavy atom. The molecule has 0 aliphatic carbocycles. The summed E-state index contributed by atoms with van der Waals surface area (Å²) in [6, 6.07) is 80.6. The zero-order valence-corrected chi connectivity index (χ0v) is 34.2. The highest BCUT2D eigenvalue weighted by Gasteiger charge is 2.21. The Morgan fingerprint density at radius 2 is 0.778 bits per heavy atom. The molecule has 0 N–H and O–H groups in total. The fourth-order valence-electron chi connectivity index (χ4n) is 10.8. The van der Waals surface area contributed by atoms with Crippen molar-refractivity contribution < 1.29 is 4.42 Å². The van der Waals surface area contributed by atoms with Crippen LogP contribution in [-0.4, -0.2) is 0 Å². The first-order valence-electron chi connectivity index (χ1n) is 21.8. The highest BCUT2D eigenvalue weighted by Crippen LogP contribution is 2.47. The predicted molar refractivity (Wildman–Crippen MR) is 269 cm³/mol. The van der Waals surface area contributed by atoms with E-state index in [1.54, 1.807) is 0 Å². The second-order valence-electron chi connectivity index (χ2n) is 17.1. The third-order valence-corrected chi connectivity index (χ3v) is 13.8. The molecule has 0 aliphatic rings. The van der Waals surface area contributed by atoms with E-state index in [9.17, 15) is 0 Å². The molecule has 1 heterocycles. The quantitative estimate of drug-likeness (QED) is 0.162. The zero-order chi connectivity index (χ0) is 41.2. The average Bonchev–Trinajstić information content (AvgIpc) is 3.71. The maximum atomic E-state index is 6.89. The van der Waals surface area contributed by atoms with Crippen LogP contribution < -0.4 is 0 Å². The van der Waals surface area contributed by atoms with E-state index in [-0.39, 0.29) is 0 Å². The predicted octanol–water partition coefficient (Wildman–Crippen LogP) is 17.8. The van der Waals surface area contributed by atoms with Crippen molar-refractivity contribution >= 4 is 97.3 Å². The molecule has 0 amide bonds. The van der Waals surface area contributed by atoms with Gasteiger partial charge in [0.15, 0.2) is 0 Å². The van der Waals surface area contributed by atoms with Gasteiger partial charge in [-0.05, 0) is 150 Å². The van der Waals surface area contributed by atoms with Crippen LogP contribution in [0.4, 0.5) is 0 Å². The summed E-state index contributed by atoms with van der Waals surface area (Å²) in [6.45, 7) is 0. The van der Waals surface area contributed by atoms with E-state index >= 15 is 0 Å². The van der Waals surface area contributed by atoms with Crippen molar-refractivity contribution in [3.8, 4) is 44.5 Å². The van der Waals surface area contributed by atoms with Crippen LogP contribution in [0.2, 0.25) is 0 Å². The van der Waals surface area contributed by atoms with E-state index < -0.39 is 0 Å². The summed E-state index contributed by atoms with van der Waals surface area (Å²) in [5.74, 6) is 0. The number of benzene rings is 13. The molecule has 0 aliphatic heterocycles. The first kappa shape index (κ1) is 34.5. The van der Waals surface area contributed by atoms with Crippen molar-refractivity contribution in [1.29, 1.82) is 0 Å². The number of hydrogen-bond donors (Lipinski definition) is 0. The maximum absolute atomic E-state index is 6.89. The van der Waals surface area contributed by atoms with Crippen molar-refractivity contribution in [1.82, 2.24) is 0 Å². The van der Waals surface area contributed by atoms with Crippen LogP contribution >= 0.6 is 0 Å². The molecule has 0 radical (unpaired) electrons. The van der Waals surface area contributed by atoms with E-state index in [4.69, 9.17) is 4.42 Å². The Labute approximate surface area is 363 Å².